The van der Waals surface area contributed by atoms with Gasteiger partial charge in [-0.2, -0.15) is 0 Å². The maximum atomic E-state index is 10.6. The van der Waals surface area contributed by atoms with E-state index in [1.807, 2.05) is 6.92 Å². The number of rotatable bonds is 2. The van der Waals surface area contributed by atoms with E-state index in [-0.39, 0.29) is 12.0 Å². The van der Waals surface area contributed by atoms with Crippen molar-refractivity contribution in [1.82, 2.24) is 0 Å². The normalized spacial score (nSPS) is 32.8. The highest BCUT2D eigenvalue weighted by atomic mass is 16.4. The lowest BCUT2D eigenvalue weighted by molar-refractivity contribution is -0.143. The van der Waals surface area contributed by atoms with E-state index in [0.717, 1.165) is 25.7 Å². The molecule has 70 valence electrons. The fourth-order valence-corrected chi connectivity index (χ4v) is 1.89. The lowest BCUT2D eigenvalue weighted by atomic mass is 9.79. The summed E-state index contributed by atoms with van der Waals surface area (Å²) in [6, 6.07) is 0.222. The number of hydrogen-bond acceptors (Lipinski definition) is 2. The van der Waals surface area contributed by atoms with Gasteiger partial charge in [-0.15, -0.1) is 0 Å². The first kappa shape index (κ1) is 9.52. The molecule has 3 nitrogen and oxygen atoms in total. The van der Waals surface area contributed by atoms with Crippen molar-refractivity contribution in [2.45, 2.75) is 38.6 Å². The highest BCUT2D eigenvalue weighted by molar-refractivity contribution is 5.69. The Balaban J connectivity index is 2.34. The minimum atomic E-state index is -0.641. The number of aliphatic carboxylic acids is 1. The first-order valence-electron chi connectivity index (χ1n) is 4.59. The Morgan fingerprint density at radius 1 is 1.42 bits per heavy atom. The molecule has 0 radical (unpaired) electrons. The van der Waals surface area contributed by atoms with Crippen LogP contribution >= 0.6 is 0 Å². The van der Waals surface area contributed by atoms with Crippen LogP contribution in [0.15, 0.2) is 0 Å². The van der Waals surface area contributed by atoms with Crippen molar-refractivity contribution in [2.24, 2.45) is 17.6 Å². The summed E-state index contributed by atoms with van der Waals surface area (Å²) in [6.07, 6.45) is 3.58. The molecule has 0 aromatic rings. The molecule has 0 bridgehead atoms. The summed E-state index contributed by atoms with van der Waals surface area (Å²) in [5, 5.41) is 8.73. The van der Waals surface area contributed by atoms with Gasteiger partial charge in [0.25, 0.3) is 0 Å². The van der Waals surface area contributed by atoms with E-state index in [0.29, 0.717) is 5.92 Å². The second kappa shape index (κ2) is 3.90. The van der Waals surface area contributed by atoms with Crippen molar-refractivity contribution in [3.05, 3.63) is 0 Å². The largest absolute Gasteiger partial charge is 0.481 e. The minimum absolute atomic E-state index is 0.111. The standard InChI is InChI=1S/C9H17NO2/c1-6(10)7-2-4-8(5-3-7)9(11)12/h6-8H,2-5,10H2,1H3,(H,11,12)/t6-,7?,8?/m0/s1. The summed E-state index contributed by atoms with van der Waals surface area (Å²) in [4.78, 5) is 10.6. The van der Waals surface area contributed by atoms with Gasteiger partial charge < -0.3 is 10.8 Å². The van der Waals surface area contributed by atoms with Crippen LogP contribution in [0.2, 0.25) is 0 Å². The molecule has 1 aliphatic carbocycles. The van der Waals surface area contributed by atoms with Crippen LogP contribution in [0.4, 0.5) is 0 Å². The van der Waals surface area contributed by atoms with E-state index in [1.54, 1.807) is 0 Å². The molecule has 0 amide bonds. The van der Waals surface area contributed by atoms with E-state index in [4.69, 9.17) is 10.8 Å². The predicted octanol–water partition coefficient (Wildman–Crippen LogP) is 1.22. The molecule has 1 saturated carbocycles. The fraction of sp³-hybridized carbons (Fsp3) is 0.889. The van der Waals surface area contributed by atoms with Gasteiger partial charge in [0.05, 0.1) is 5.92 Å². The summed E-state index contributed by atoms with van der Waals surface area (Å²) in [6.45, 7) is 2.01. The smallest absolute Gasteiger partial charge is 0.306 e. The number of carboxylic acids is 1. The molecule has 3 N–H and O–H groups in total. The minimum Gasteiger partial charge on any atom is -0.481 e. The van der Waals surface area contributed by atoms with Gasteiger partial charge >= 0.3 is 5.97 Å². The van der Waals surface area contributed by atoms with Crippen molar-refractivity contribution < 1.29 is 9.90 Å². The summed E-state index contributed by atoms with van der Waals surface area (Å²) < 4.78 is 0. The van der Waals surface area contributed by atoms with E-state index in [2.05, 4.69) is 0 Å². The molecule has 3 heteroatoms. The fourth-order valence-electron chi connectivity index (χ4n) is 1.89. The van der Waals surface area contributed by atoms with Crippen molar-refractivity contribution in [3.8, 4) is 0 Å². The zero-order valence-corrected chi connectivity index (χ0v) is 7.49. The molecule has 1 rings (SSSR count). The zero-order chi connectivity index (χ0) is 9.14. The zero-order valence-electron chi connectivity index (χ0n) is 7.49. The molecule has 1 aliphatic rings. The van der Waals surface area contributed by atoms with Gasteiger partial charge in [0.2, 0.25) is 0 Å². The maximum Gasteiger partial charge on any atom is 0.306 e. The molecule has 1 fully saturated rings. The van der Waals surface area contributed by atoms with Gasteiger partial charge in [-0.3, -0.25) is 4.79 Å². The Hall–Kier alpha value is -0.570. The molecular weight excluding hydrogens is 154 g/mol. The number of nitrogens with two attached hydrogens (primary N) is 1. The number of carbonyl (C=O) groups is 1. The van der Waals surface area contributed by atoms with Gasteiger partial charge in [-0.25, -0.2) is 0 Å². The van der Waals surface area contributed by atoms with E-state index >= 15 is 0 Å². The summed E-state index contributed by atoms with van der Waals surface area (Å²) in [7, 11) is 0. The SMILES string of the molecule is C[C@H](N)C1CCC(C(=O)O)CC1. The van der Waals surface area contributed by atoms with Gasteiger partial charge in [0, 0.05) is 6.04 Å². The third-order valence-electron chi connectivity index (χ3n) is 2.86. The van der Waals surface area contributed by atoms with Crippen LogP contribution in [-0.4, -0.2) is 17.1 Å². The van der Waals surface area contributed by atoms with Crippen LogP contribution in [0.25, 0.3) is 0 Å². The highest BCUT2D eigenvalue weighted by Gasteiger charge is 2.27. The van der Waals surface area contributed by atoms with Crippen molar-refractivity contribution in [3.63, 3.8) is 0 Å². The highest BCUT2D eigenvalue weighted by Crippen LogP contribution is 2.30. The third-order valence-corrected chi connectivity index (χ3v) is 2.86. The average Bonchev–Trinajstić information content (AvgIpc) is 2.04. The van der Waals surface area contributed by atoms with Crippen LogP contribution in [0.3, 0.4) is 0 Å². The van der Waals surface area contributed by atoms with Crippen LogP contribution in [0, 0.1) is 11.8 Å². The maximum absolute atomic E-state index is 10.6. The van der Waals surface area contributed by atoms with E-state index < -0.39 is 5.97 Å². The molecule has 1 atom stereocenters. The Labute approximate surface area is 72.9 Å². The Morgan fingerprint density at radius 2 is 1.92 bits per heavy atom. The summed E-state index contributed by atoms with van der Waals surface area (Å²) in [5.41, 5.74) is 5.74. The van der Waals surface area contributed by atoms with Crippen LogP contribution in [0.1, 0.15) is 32.6 Å². The monoisotopic (exact) mass is 171 g/mol. The first-order chi connectivity index (χ1) is 5.61. The Morgan fingerprint density at radius 3 is 2.25 bits per heavy atom. The predicted molar refractivity (Wildman–Crippen MR) is 46.7 cm³/mol. The van der Waals surface area contributed by atoms with Crippen LogP contribution in [-0.2, 0) is 4.79 Å². The van der Waals surface area contributed by atoms with Gasteiger partial charge in [0.1, 0.15) is 0 Å². The lowest BCUT2D eigenvalue weighted by Crippen LogP contribution is -2.31. The number of hydrogen-bond donors (Lipinski definition) is 2. The molecule has 0 aliphatic heterocycles. The third kappa shape index (κ3) is 2.21. The van der Waals surface area contributed by atoms with Gasteiger partial charge in [0.15, 0.2) is 0 Å². The van der Waals surface area contributed by atoms with Gasteiger partial charge in [-0.05, 0) is 38.5 Å². The quantitative estimate of drug-likeness (QED) is 0.656. The Kier molecular flexibility index (Phi) is 3.09. The molecule has 0 spiro atoms. The number of carboxylic acid groups (broad SMARTS) is 1. The van der Waals surface area contributed by atoms with Crippen LogP contribution in [0.5, 0.6) is 0 Å². The van der Waals surface area contributed by atoms with E-state index in [1.165, 1.54) is 0 Å². The van der Waals surface area contributed by atoms with Crippen molar-refractivity contribution in [1.29, 1.82) is 0 Å². The lowest BCUT2D eigenvalue weighted by Gasteiger charge is -2.28. The topological polar surface area (TPSA) is 63.3 Å². The second-order valence-electron chi connectivity index (χ2n) is 3.81. The van der Waals surface area contributed by atoms with Crippen molar-refractivity contribution >= 4 is 5.97 Å². The first-order valence-corrected chi connectivity index (χ1v) is 4.59. The molecule has 0 aromatic carbocycles. The second-order valence-corrected chi connectivity index (χ2v) is 3.81. The van der Waals surface area contributed by atoms with Gasteiger partial charge in [-0.1, -0.05) is 0 Å². The summed E-state index contributed by atoms with van der Waals surface area (Å²) >= 11 is 0. The molecule has 0 unspecified atom stereocenters. The van der Waals surface area contributed by atoms with Crippen molar-refractivity contribution in [2.75, 3.05) is 0 Å². The Bertz CT molecular complexity index is 160. The molecule has 12 heavy (non-hydrogen) atoms. The summed E-state index contributed by atoms with van der Waals surface area (Å²) in [5.74, 6) is -0.210. The molecule has 0 heterocycles. The molecule has 0 aromatic heterocycles. The van der Waals surface area contributed by atoms with Crippen LogP contribution < -0.4 is 5.73 Å². The average molecular weight is 171 g/mol. The molecular formula is C9H17NO2. The van der Waals surface area contributed by atoms with E-state index in [9.17, 15) is 4.79 Å². The molecule has 0 saturated heterocycles.